The zero-order valence-corrected chi connectivity index (χ0v) is 12.2. The molecule has 1 aromatic heterocycles. The molecule has 0 radical (unpaired) electrons. The lowest BCUT2D eigenvalue weighted by Crippen LogP contribution is -2.13. The standard InChI is InChI=1S/C16H25N3/c1-4-6-14-18-15(16(17)19(14)11-5-2)13-9-7-12(3)8-10-13/h2,12-13H,4,6-11,17H2,1,3H3. The summed E-state index contributed by atoms with van der Waals surface area (Å²) in [7, 11) is 0. The number of hydrogen-bond donors (Lipinski definition) is 1. The number of nitrogens with two attached hydrogens (primary N) is 1. The Labute approximate surface area is 116 Å². The van der Waals surface area contributed by atoms with Crippen molar-refractivity contribution in [3.63, 3.8) is 0 Å². The first-order chi connectivity index (χ1) is 9.17. The number of nitrogens with zero attached hydrogens (tertiary/aromatic N) is 2. The molecule has 19 heavy (non-hydrogen) atoms. The Morgan fingerprint density at radius 3 is 2.63 bits per heavy atom. The number of anilines is 1. The Kier molecular flexibility index (Phi) is 4.52. The molecule has 0 spiro atoms. The van der Waals surface area contributed by atoms with E-state index >= 15 is 0 Å². The minimum absolute atomic E-state index is 0.533. The average molecular weight is 259 g/mol. The number of hydrogen-bond acceptors (Lipinski definition) is 2. The van der Waals surface area contributed by atoms with Crippen LogP contribution in [0.25, 0.3) is 0 Å². The highest BCUT2D eigenvalue weighted by Gasteiger charge is 2.25. The molecule has 1 aromatic rings. The molecule has 1 aliphatic carbocycles. The van der Waals surface area contributed by atoms with Crippen molar-refractivity contribution in [2.24, 2.45) is 5.92 Å². The van der Waals surface area contributed by atoms with Gasteiger partial charge in [0.2, 0.25) is 0 Å². The summed E-state index contributed by atoms with van der Waals surface area (Å²) in [6.45, 7) is 5.03. The normalized spacial score (nSPS) is 23.2. The number of aryl methyl sites for hydroxylation is 1. The third kappa shape index (κ3) is 2.94. The molecule has 1 aliphatic rings. The van der Waals surface area contributed by atoms with Gasteiger partial charge < -0.3 is 10.3 Å². The molecule has 1 saturated carbocycles. The second-order valence-corrected chi connectivity index (χ2v) is 5.80. The van der Waals surface area contributed by atoms with Crippen LogP contribution >= 0.6 is 0 Å². The minimum atomic E-state index is 0.533. The van der Waals surface area contributed by atoms with Gasteiger partial charge in [-0.3, -0.25) is 0 Å². The van der Waals surface area contributed by atoms with E-state index in [0.717, 1.165) is 36.1 Å². The highest BCUT2D eigenvalue weighted by molar-refractivity contribution is 5.41. The smallest absolute Gasteiger partial charge is 0.127 e. The number of nitrogen functional groups attached to an aromatic ring is 1. The fourth-order valence-electron chi connectivity index (χ4n) is 3.05. The molecule has 3 nitrogen and oxygen atoms in total. The van der Waals surface area contributed by atoms with Crippen LogP contribution in [0.2, 0.25) is 0 Å². The Morgan fingerprint density at radius 2 is 2.05 bits per heavy atom. The zero-order chi connectivity index (χ0) is 13.8. The van der Waals surface area contributed by atoms with Crippen molar-refractivity contribution in [1.82, 2.24) is 9.55 Å². The number of rotatable bonds is 4. The van der Waals surface area contributed by atoms with Crippen molar-refractivity contribution in [2.75, 3.05) is 5.73 Å². The number of imidazole rings is 1. The maximum atomic E-state index is 6.29. The van der Waals surface area contributed by atoms with Gasteiger partial charge >= 0.3 is 0 Å². The van der Waals surface area contributed by atoms with Gasteiger partial charge in [-0.25, -0.2) is 4.98 Å². The van der Waals surface area contributed by atoms with Crippen LogP contribution in [0.1, 0.15) is 63.4 Å². The van der Waals surface area contributed by atoms with Crippen molar-refractivity contribution < 1.29 is 0 Å². The third-order valence-electron chi connectivity index (χ3n) is 4.24. The quantitative estimate of drug-likeness (QED) is 0.843. The highest BCUT2D eigenvalue weighted by Crippen LogP contribution is 2.37. The molecular formula is C16H25N3. The molecule has 0 aromatic carbocycles. The van der Waals surface area contributed by atoms with E-state index in [2.05, 4.69) is 19.8 Å². The Bertz CT molecular complexity index is 459. The van der Waals surface area contributed by atoms with Crippen LogP contribution in [0, 0.1) is 18.3 Å². The van der Waals surface area contributed by atoms with Crippen LogP contribution < -0.4 is 5.73 Å². The topological polar surface area (TPSA) is 43.8 Å². The predicted molar refractivity (Wildman–Crippen MR) is 79.8 cm³/mol. The van der Waals surface area contributed by atoms with Gasteiger partial charge in [-0.1, -0.05) is 32.6 Å². The second-order valence-electron chi connectivity index (χ2n) is 5.80. The van der Waals surface area contributed by atoms with E-state index in [4.69, 9.17) is 17.1 Å². The summed E-state index contributed by atoms with van der Waals surface area (Å²) in [5.74, 6) is 5.94. The molecule has 104 valence electrons. The van der Waals surface area contributed by atoms with Gasteiger partial charge in [-0.15, -0.1) is 6.42 Å². The third-order valence-corrected chi connectivity index (χ3v) is 4.24. The van der Waals surface area contributed by atoms with E-state index in [-0.39, 0.29) is 0 Å². The van der Waals surface area contributed by atoms with Crippen molar-refractivity contribution in [3.05, 3.63) is 11.5 Å². The first-order valence-electron chi connectivity index (χ1n) is 7.45. The highest BCUT2D eigenvalue weighted by atomic mass is 15.1. The van der Waals surface area contributed by atoms with Crippen molar-refractivity contribution in [3.8, 4) is 12.3 Å². The summed E-state index contributed by atoms with van der Waals surface area (Å²) < 4.78 is 2.02. The lowest BCUT2D eigenvalue weighted by atomic mass is 9.81. The van der Waals surface area contributed by atoms with Gasteiger partial charge in [0.25, 0.3) is 0 Å². The van der Waals surface area contributed by atoms with Crippen LogP contribution in [0.4, 0.5) is 5.82 Å². The van der Waals surface area contributed by atoms with Gasteiger partial charge in [0.05, 0.1) is 12.2 Å². The fraction of sp³-hybridized carbons (Fsp3) is 0.688. The summed E-state index contributed by atoms with van der Waals surface area (Å²) in [6.07, 6.45) is 12.5. The van der Waals surface area contributed by atoms with Gasteiger partial charge in [-0.2, -0.15) is 0 Å². The Morgan fingerprint density at radius 1 is 1.37 bits per heavy atom. The maximum absolute atomic E-state index is 6.29. The van der Waals surface area contributed by atoms with Crippen molar-refractivity contribution >= 4 is 5.82 Å². The van der Waals surface area contributed by atoms with Gasteiger partial charge in [-0.05, 0) is 25.2 Å². The Balaban J connectivity index is 2.25. The molecule has 0 saturated heterocycles. The van der Waals surface area contributed by atoms with Crippen LogP contribution in [0.3, 0.4) is 0 Å². The van der Waals surface area contributed by atoms with Crippen LogP contribution in [-0.2, 0) is 13.0 Å². The maximum Gasteiger partial charge on any atom is 0.127 e. The average Bonchev–Trinajstić information content (AvgIpc) is 2.70. The van der Waals surface area contributed by atoms with E-state index < -0.39 is 0 Å². The zero-order valence-electron chi connectivity index (χ0n) is 12.2. The molecule has 0 aliphatic heterocycles. The molecule has 0 amide bonds. The molecule has 1 heterocycles. The summed E-state index contributed by atoms with van der Waals surface area (Å²) in [5, 5.41) is 0. The van der Waals surface area contributed by atoms with Gasteiger partial charge in [0.15, 0.2) is 0 Å². The molecule has 2 rings (SSSR count). The largest absolute Gasteiger partial charge is 0.384 e. The van der Waals surface area contributed by atoms with Gasteiger partial charge in [0, 0.05) is 12.3 Å². The molecular weight excluding hydrogens is 234 g/mol. The monoisotopic (exact) mass is 259 g/mol. The number of terminal acetylenes is 1. The van der Waals surface area contributed by atoms with Gasteiger partial charge in [0.1, 0.15) is 11.6 Å². The summed E-state index contributed by atoms with van der Waals surface area (Å²) in [6, 6.07) is 0. The lowest BCUT2D eigenvalue weighted by Gasteiger charge is -2.25. The molecule has 1 fully saturated rings. The first kappa shape index (κ1) is 14.0. The lowest BCUT2D eigenvalue weighted by molar-refractivity contribution is 0.345. The minimum Gasteiger partial charge on any atom is -0.384 e. The van der Waals surface area contributed by atoms with E-state index in [1.165, 1.54) is 25.7 Å². The summed E-state index contributed by atoms with van der Waals surface area (Å²) in [4.78, 5) is 4.81. The molecule has 3 heteroatoms. The molecule has 2 N–H and O–H groups in total. The number of aromatic nitrogens is 2. The van der Waals surface area contributed by atoms with E-state index in [9.17, 15) is 0 Å². The van der Waals surface area contributed by atoms with Crippen molar-refractivity contribution in [1.29, 1.82) is 0 Å². The van der Waals surface area contributed by atoms with E-state index in [1.54, 1.807) is 0 Å². The molecule has 0 atom stereocenters. The predicted octanol–water partition coefficient (Wildman–Crippen LogP) is 3.34. The van der Waals surface area contributed by atoms with Crippen molar-refractivity contribution in [2.45, 2.75) is 64.8 Å². The molecule has 0 bridgehead atoms. The Hall–Kier alpha value is -1.43. The molecule has 0 unspecified atom stereocenters. The fourth-order valence-corrected chi connectivity index (χ4v) is 3.05. The second kappa shape index (κ2) is 6.14. The summed E-state index contributed by atoms with van der Waals surface area (Å²) >= 11 is 0. The summed E-state index contributed by atoms with van der Waals surface area (Å²) in [5.41, 5.74) is 7.39. The van der Waals surface area contributed by atoms with E-state index in [0.29, 0.717) is 12.5 Å². The van der Waals surface area contributed by atoms with Crippen LogP contribution in [0.5, 0.6) is 0 Å². The van der Waals surface area contributed by atoms with E-state index in [1.807, 2.05) is 4.57 Å². The van der Waals surface area contributed by atoms with Crippen LogP contribution in [-0.4, -0.2) is 9.55 Å². The SMILES string of the molecule is C#CCn1c(CCC)nc(C2CCC(C)CC2)c1N. The first-order valence-corrected chi connectivity index (χ1v) is 7.45. The van der Waals surface area contributed by atoms with Crippen LogP contribution in [0.15, 0.2) is 0 Å².